The van der Waals surface area contributed by atoms with Crippen molar-refractivity contribution in [2.24, 2.45) is 5.10 Å². The number of amides is 1. The molecule has 0 atom stereocenters. The summed E-state index contributed by atoms with van der Waals surface area (Å²) in [6.07, 6.45) is 1.43. The Morgan fingerprint density at radius 3 is 2.48 bits per heavy atom. The van der Waals surface area contributed by atoms with Crippen LogP contribution in [0.2, 0.25) is 0 Å². The molecule has 148 valence electrons. The Hall–Kier alpha value is -3.14. The Kier molecular flexibility index (Phi) is 7.01. The molecular weight excluding hydrogens is 485 g/mol. The molecular formula is C21H18IN3O4. The normalized spacial score (nSPS) is 10.7. The zero-order chi connectivity index (χ0) is 20.6. The summed E-state index contributed by atoms with van der Waals surface area (Å²) in [6.45, 7) is 0.105. The first kappa shape index (κ1) is 20.6. The van der Waals surface area contributed by atoms with Crippen molar-refractivity contribution in [1.29, 1.82) is 0 Å². The highest BCUT2D eigenvalue weighted by molar-refractivity contribution is 14.1. The number of nitrogens with one attached hydrogen (secondary N) is 2. The molecule has 0 spiro atoms. The molecule has 7 nitrogen and oxygen atoms in total. The SMILES string of the molecule is COC(=O)c1ccc(-c2ccc(/C=N\NC(=O)CNc3ccc(I)cc3)o2)cc1. The van der Waals surface area contributed by atoms with Crippen LogP contribution in [0.1, 0.15) is 16.1 Å². The third-order valence-electron chi connectivity index (χ3n) is 3.90. The third kappa shape index (κ3) is 5.92. The molecule has 2 N–H and O–H groups in total. The van der Waals surface area contributed by atoms with E-state index in [1.54, 1.807) is 36.4 Å². The number of anilines is 1. The number of furan rings is 1. The van der Waals surface area contributed by atoms with Gasteiger partial charge in [-0.05, 0) is 71.1 Å². The van der Waals surface area contributed by atoms with Crippen LogP contribution >= 0.6 is 22.6 Å². The van der Waals surface area contributed by atoms with E-state index in [2.05, 4.69) is 43.2 Å². The zero-order valence-electron chi connectivity index (χ0n) is 15.5. The van der Waals surface area contributed by atoms with Gasteiger partial charge in [-0.2, -0.15) is 5.10 Å². The molecule has 0 unspecified atom stereocenters. The fourth-order valence-electron chi connectivity index (χ4n) is 2.42. The summed E-state index contributed by atoms with van der Waals surface area (Å²) < 4.78 is 11.5. The van der Waals surface area contributed by atoms with Gasteiger partial charge in [-0.15, -0.1) is 0 Å². The van der Waals surface area contributed by atoms with Gasteiger partial charge in [-0.3, -0.25) is 4.79 Å². The fraction of sp³-hybridized carbons (Fsp3) is 0.0952. The minimum Gasteiger partial charge on any atom is -0.465 e. The van der Waals surface area contributed by atoms with E-state index in [0.717, 1.165) is 14.8 Å². The first-order valence-electron chi connectivity index (χ1n) is 8.65. The number of carbonyl (C=O) groups excluding carboxylic acids is 2. The maximum atomic E-state index is 11.9. The van der Waals surface area contributed by atoms with E-state index in [-0.39, 0.29) is 12.5 Å². The molecule has 2 aromatic carbocycles. The molecule has 1 aromatic heterocycles. The molecule has 0 fully saturated rings. The van der Waals surface area contributed by atoms with Crippen LogP contribution in [0.25, 0.3) is 11.3 Å². The maximum absolute atomic E-state index is 11.9. The van der Waals surface area contributed by atoms with Gasteiger partial charge in [0.05, 0.1) is 25.4 Å². The molecule has 1 heterocycles. The second kappa shape index (κ2) is 9.87. The number of halogens is 1. The van der Waals surface area contributed by atoms with Crippen molar-refractivity contribution in [2.45, 2.75) is 0 Å². The molecule has 0 saturated carbocycles. The lowest BCUT2D eigenvalue weighted by atomic mass is 10.1. The minimum atomic E-state index is -0.393. The average Bonchev–Trinajstić information content (AvgIpc) is 3.22. The molecule has 0 aliphatic carbocycles. The highest BCUT2D eigenvalue weighted by atomic mass is 127. The summed E-state index contributed by atoms with van der Waals surface area (Å²) in [5, 5.41) is 6.92. The first-order valence-corrected chi connectivity index (χ1v) is 9.73. The third-order valence-corrected chi connectivity index (χ3v) is 4.61. The number of esters is 1. The lowest BCUT2D eigenvalue weighted by Crippen LogP contribution is -2.25. The van der Waals surface area contributed by atoms with Gasteiger partial charge in [-0.25, -0.2) is 10.2 Å². The maximum Gasteiger partial charge on any atom is 0.337 e. The standard InChI is InChI=1S/C21H18IN3O4/c1-28-21(27)15-4-2-14(3-5-15)19-11-10-18(29-19)12-24-25-20(26)13-23-17-8-6-16(22)7-9-17/h2-12,23H,13H2,1H3,(H,25,26)/b24-12-. The van der Waals surface area contributed by atoms with Crippen LogP contribution in [0.5, 0.6) is 0 Å². The lowest BCUT2D eigenvalue weighted by Gasteiger charge is -2.04. The number of ether oxygens (including phenoxy) is 1. The van der Waals surface area contributed by atoms with E-state index < -0.39 is 5.97 Å². The molecule has 3 aromatic rings. The van der Waals surface area contributed by atoms with Crippen LogP contribution in [0.3, 0.4) is 0 Å². The van der Waals surface area contributed by atoms with Crippen molar-refractivity contribution < 1.29 is 18.7 Å². The van der Waals surface area contributed by atoms with E-state index in [1.165, 1.54) is 13.3 Å². The molecule has 1 amide bonds. The zero-order valence-corrected chi connectivity index (χ0v) is 17.7. The largest absolute Gasteiger partial charge is 0.465 e. The van der Waals surface area contributed by atoms with Crippen LogP contribution in [0.15, 0.2) is 70.2 Å². The molecule has 29 heavy (non-hydrogen) atoms. The van der Waals surface area contributed by atoms with Gasteiger partial charge in [0.25, 0.3) is 5.91 Å². The Morgan fingerprint density at radius 2 is 1.79 bits per heavy atom. The van der Waals surface area contributed by atoms with Gasteiger partial charge in [0.1, 0.15) is 11.5 Å². The fourth-order valence-corrected chi connectivity index (χ4v) is 2.78. The molecule has 0 radical (unpaired) electrons. The van der Waals surface area contributed by atoms with Crippen molar-refractivity contribution in [3.8, 4) is 11.3 Å². The number of methoxy groups -OCH3 is 1. The van der Waals surface area contributed by atoms with Crippen molar-refractivity contribution in [3.63, 3.8) is 0 Å². The Morgan fingerprint density at radius 1 is 1.07 bits per heavy atom. The summed E-state index contributed by atoms with van der Waals surface area (Å²) in [4.78, 5) is 23.3. The number of rotatable bonds is 7. The van der Waals surface area contributed by atoms with E-state index >= 15 is 0 Å². The molecule has 0 bridgehead atoms. The molecule has 8 heteroatoms. The van der Waals surface area contributed by atoms with Crippen molar-refractivity contribution in [2.75, 3.05) is 19.0 Å². The van der Waals surface area contributed by atoms with Crippen molar-refractivity contribution in [1.82, 2.24) is 5.43 Å². The van der Waals surface area contributed by atoms with Crippen LogP contribution in [0.4, 0.5) is 5.69 Å². The summed E-state index contributed by atoms with van der Waals surface area (Å²) in [5.74, 6) is 0.443. The van der Waals surface area contributed by atoms with E-state index in [0.29, 0.717) is 17.1 Å². The predicted molar refractivity (Wildman–Crippen MR) is 119 cm³/mol. The summed E-state index contributed by atoms with van der Waals surface area (Å²) in [6, 6.07) is 18.1. The Labute approximate surface area is 181 Å². The summed E-state index contributed by atoms with van der Waals surface area (Å²) in [5.41, 5.74) is 4.58. The first-order chi connectivity index (χ1) is 14.0. The highest BCUT2D eigenvalue weighted by Gasteiger charge is 2.08. The van der Waals surface area contributed by atoms with Crippen LogP contribution in [-0.2, 0) is 9.53 Å². The van der Waals surface area contributed by atoms with E-state index in [1.807, 2.05) is 24.3 Å². The average molecular weight is 503 g/mol. The van der Waals surface area contributed by atoms with Gasteiger partial charge in [0.15, 0.2) is 0 Å². The second-order valence-corrected chi connectivity index (χ2v) is 7.17. The summed E-state index contributed by atoms with van der Waals surface area (Å²) in [7, 11) is 1.34. The lowest BCUT2D eigenvalue weighted by molar-refractivity contribution is -0.119. The molecule has 0 aliphatic heterocycles. The Bertz CT molecular complexity index is 1010. The van der Waals surface area contributed by atoms with Crippen LogP contribution in [0, 0.1) is 3.57 Å². The smallest absolute Gasteiger partial charge is 0.337 e. The van der Waals surface area contributed by atoms with Crippen molar-refractivity contribution in [3.05, 3.63) is 75.6 Å². The minimum absolute atomic E-state index is 0.105. The van der Waals surface area contributed by atoms with Crippen molar-refractivity contribution >= 4 is 46.4 Å². The van der Waals surface area contributed by atoms with Gasteiger partial charge in [0.2, 0.25) is 0 Å². The van der Waals surface area contributed by atoms with Gasteiger partial charge in [0, 0.05) is 14.8 Å². The predicted octanol–water partition coefficient (Wildman–Crippen LogP) is 3.90. The Balaban J connectivity index is 1.51. The van der Waals surface area contributed by atoms with Gasteiger partial charge in [-0.1, -0.05) is 12.1 Å². The number of hydrazone groups is 1. The topological polar surface area (TPSA) is 92.9 Å². The highest BCUT2D eigenvalue weighted by Crippen LogP contribution is 2.22. The van der Waals surface area contributed by atoms with Gasteiger partial charge < -0.3 is 14.5 Å². The number of hydrogen-bond acceptors (Lipinski definition) is 6. The van der Waals surface area contributed by atoms with Crippen LogP contribution in [-0.4, -0.2) is 31.7 Å². The molecule has 3 rings (SSSR count). The van der Waals surface area contributed by atoms with Gasteiger partial charge >= 0.3 is 5.97 Å². The van der Waals surface area contributed by atoms with Crippen LogP contribution < -0.4 is 10.7 Å². The number of benzene rings is 2. The quantitative estimate of drug-likeness (QED) is 0.221. The van der Waals surface area contributed by atoms with E-state index in [4.69, 9.17) is 4.42 Å². The monoisotopic (exact) mass is 503 g/mol. The molecule has 0 saturated heterocycles. The number of hydrogen-bond donors (Lipinski definition) is 2. The molecule has 0 aliphatic rings. The second-order valence-electron chi connectivity index (χ2n) is 5.92. The number of carbonyl (C=O) groups is 2. The van der Waals surface area contributed by atoms with E-state index in [9.17, 15) is 9.59 Å². The number of nitrogens with zero attached hydrogens (tertiary/aromatic N) is 1. The summed E-state index contributed by atoms with van der Waals surface area (Å²) >= 11 is 2.22.